The van der Waals surface area contributed by atoms with Gasteiger partial charge in [-0.3, -0.25) is 4.79 Å². The Bertz CT molecular complexity index is 444. The van der Waals surface area contributed by atoms with Crippen LogP contribution in [0.25, 0.3) is 0 Å². The molecule has 0 bridgehead atoms. The minimum Gasteiger partial charge on any atom is -0.496 e. The first-order chi connectivity index (χ1) is 9.21. The van der Waals surface area contributed by atoms with Crippen LogP contribution in [0.5, 0.6) is 5.75 Å². The Morgan fingerprint density at radius 3 is 2.74 bits per heavy atom. The highest BCUT2D eigenvalue weighted by molar-refractivity contribution is 6.19. The van der Waals surface area contributed by atoms with E-state index in [0.717, 1.165) is 12.8 Å². The van der Waals surface area contributed by atoms with Gasteiger partial charge in [-0.1, -0.05) is 12.1 Å². The smallest absolute Gasteiger partial charge is 0.255 e. The summed E-state index contributed by atoms with van der Waals surface area (Å²) < 4.78 is 10.5. The van der Waals surface area contributed by atoms with Gasteiger partial charge >= 0.3 is 0 Å². The largest absolute Gasteiger partial charge is 0.496 e. The maximum absolute atomic E-state index is 12.4. The van der Waals surface area contributed by atoms with Crippen LogP contribution < -0.4 is 10.1 Å². The molecule has 0 aliphatic carbocycles. The van der Waals surface area contributed by atoms with Gasteiger partial charge in [-0.2, -0.15) is 0 Å². The van der Waals surface area contributed by atoms with E-state index in [9.17, 15) is 4.79 Å². The molecule has 0 atom stereocenters. The minimum atomic E-state index is -0.377. The maximum Gasteiger partial charge on any atom is 0.255 e. The van der Waals surface area contributed by atoms with Crippen LogP contribution in [0.3, 0.4) is 0 Å². The predicted octanol–water partition coefficient (Wildman–Crippen LogP) is 2.21. The number of amides is 1. The number of rotatable bonds is 4. The third-order valence-corrected chi connectivity index (χ3v) is 3.95. The van der Waals surface area contributed by atoms with E-state index >= 15 is 0 Å². The van der Waals surface area contributed by atoms with Crippen molar-refractivity contribution in [2.75, 3.05) is 26.2 Å². The molecule has 104 valence electrons. The first-order valence-corrected chi connectivity index (χ1v) is 6.83. The van der Waals surface area contributed by atoms with Gasteiger partial charge in [0.1, 0.15) is 5.75 Å². The molecule has 2 rings (SSSR count). The standard InChI is InChI=1S/C14H18ClNO3/c1-18-12-5-3-2-4-11(12)13(17)16-14(10-15)6-8-19-9-7-14/h2-5H,6-10H2,1H3,(H,16,17). The van der Waals surface area contributed by atoms with Crippen LogP contribution in [0.2, 0.25) is 0 Å². The number of para-hydroxylation sites is 1. The van der Waals surface area contributed by atoms with Gasteiger partial charge in [-0.05, 0) is 25.0 Å². The van der Waals surface area contributed by atoms with E-state index in [1.165, 1.54) is 0 Å². The molecule has 1 aliphatic heterocycles. The molecule has 1 aromatic carbocycles. The molecule has 0 radical (unpaired) electrons. The topological polar surface area (TPSA) is 47.6 Å². The molecule has 1 heterocycles. The van der Waals surface area contributed by atoms with Crippen molar-refractivity contribution in [1.82, 2.24) is 5.32 Å². The van der Waals surface area contributed by atoms with Crippen molar-refractivity contribution in [2.45, 2.75) is 18.4 Å². The van der Waals surface area contributed by atoms with E-state index in [4.69, 9.17) is 21.1 Å². The summed E-state index contributed by atoms with van der Waals surface area (Å²) >= 11 is 6.04. The van der Waals surface area contributed by atoms with E-state index in [1.807, 2.05) is 12.1 Å². The normalized spacial score (nSPS) is 17.8. The molecule has 1 aliphatic rings. The second-order valence-electron chi connectivity index (χ2n) is 4.68. The fraction of sp³-hybridized carbons (Fsp3) is 0.500. The zero-order valence-electron chi connectivity index (χ0n) is 10.9. The Morgan fingerprint density at radius 2 is 2.11 bits per heavy atom. The molecule has 0 unspecified atom stereocenters. The number of carbonyl (C=O) groups is 1. The van der Waals surface area contributed by atoms with Gasteiger partial charge in [0.15, 0.2) is 0 Å². The number of carbonyl (C=O) groups excluding carboxylic acids is 1. The number of ether oxygens (including phenoxy) is 2. The molecule has 1 aromatic rings. The molecule has 5 heteroatoms. The maximum atomic E-state index is 12.4. The van der Waals surface area contributed by atoms with Gasteiger partial charge in [0, 0.05) is 19.1 Å². The summed E-state index contributed by atoms with van der Waals surface area (Å²) in [5.41, 5.74) is 0.151. The zero-order valence-corrected chi connectivity index (χ0v) is 11.7. The third kappa shape index (κ3) is 3.19. The van der Waals surface area contributed by atoms with Crippen LogP contribution >= 0.6 is 11.6 Å². The Morgan fingerprint density at radius 1 is 1.42 bits per heavy atom. The Labute approximate surface area is 118 Å². The van der Waals surface area contributed by atoms with Crippen molar-refractivity contribution in [3.63, 3.8) is 0 Å². The third-order valence-electron chi connectivity index (χ3n) is 3.44. The molecular formula is C14H18ClNO3. The van der Waals surface area contributed by atoms with Gasteiger partial charge in [0.05, 0.1) is 18.2 Å². The summed E-state index contributed by atoms with van der Waals surface area (Å²) in [6.45, 7) is 1.25. The lowest BCUT2D eigenvalue weighted by molar-refractivity contribution is 0.0433. The second-order valence-corrected chi connectivity index (χ2v) is 4.95. The molecule has 0 aromatic heterocycles. The number of hydrogen-bond acceptors (Lipinski definition) is 3. The van der Waals surface area contributed by atoms with E-state index < -0.39 is 0 Å². The van der Waals surface area contributed by atoms with Crippen molar-refractivity contribution in [1.29, 1.82) is 0 Å². The van der Waals surface area contributed by atoms with E-state index in [0.29, 0.717) is 30.4 Å². The monoisotopic (exact) mass is 283 g/mol. The fourth-order valence-corrected chi connectivity index (χ4v) is 2.53. The number of alkyl halides is 1. The second kappa shape index (κ2) is 6.26. The number of hydrogen-bond donors (Lipinski definition) is 1. The molecule has 0 spiro atoms. The van der Waals surface area contributed by atoms with Crippen LogP contribution in [0.4, 0.5) is 0 Å². The average molecular weight is 284 g/mol. The summed E-state index contributed by atoms with van der Waals surface area (Å²) in [4.78, 5) is 12.4. The first kappa shape index (κ1) is 14.2. The fourth-order valence-electron chi connectivity index (χ4n) is 2.19. The van der Waals surface area contributed by atoms with Gasteiger partial charge in [0.25, 0.3) is 5.91 Å². The van der Waals surface area contributed by atoms with Crippen molar-refractivity contribution < 1.29 is 14.3 Å². The summed E-state index contributed by atoms with van der Waals surface area (Å²) in [7, 11) is 1.55. The number of halogens is 1. The molecular weight excluding hydrogens is 266 g/mol. The summed E-state index contributed by atoms with van der Waals surface area (Å²) in [5, 5.41) is 3.04. The highest BCUT2D eigenvalue weighted by Crippen LogP contribution is 2.24. The van der Waals surface area contributed by atoms with E-state index in [-0.39, 0.29) is 11.4 Å². The highest BCUT2D eigenvalue weighted by Gasteiger charge is 2.34. The van der Waals surface area contributed by atoms with Crippen molar-refractivity contribution in [3.8, 4) is 5.75 Å². The Balaban J connectivity index is 2.15. The van der Waals surface area contributed by atoms with Crippen LogP contribution in [-0.2, 0) is 4.74 Å². The Kier molecular flexibility index (Phi) is 4.66. The molecule has 1 N–H and O–H groups in total. The summed E-state index contributed by atoms with van der Waals surface area (Å²) in [5.74, 6) is 0.800. The number of benzene rings is 1. The Hall–Kier alpha value is -1.26. The minimum absolute atomic E-state index is 0.153. The summed E-state index contributed by atoms with van der Waals surface area (Å²) in [6.07, 6.45) is 1.47. The van der Waals surface area contributed by atoms with Crippen molar-refractivity contribution in [3.05, 3.63) is 29.8 Å². The average Bonchev–Trinajstić information content (AvgIpc) is 2.48. The SMILES string of the molecule is COc1ccccc1C(=O)NC1(CCl)CCOCC1. The van der Waals surface area contributed by atoms with Crippen LogP contribution in [0.15, 0.2) is 24.3 Å². The zero-order chi connectivity index (χ0) is 13.7. The lowest BCUT2D eigenvalue weighted by Gasteiger charge is -2.36. The van der Waals surface area contributed by atoms with Gasteiger partial charge < -0.3 is 14.8 Å². The number of methoxy groups -OCH3 is 1. The van der Waals surface area contributed by atoms with Crippen LogP contribution in [0, 0.1) is 0 Å². The first-order valence-electron chi connectivity index (χ1n) is 6.30. The molecule has 1 amide bonds. The van der Waals surface area contributed by atoms with Crippen LogP contribution in [0.1, 0.15) is 23.2 Å². The lowest BCUT2D eigenvalue weighted by atomic mass is 9.91. The lowest BCUT2D eigenvalue weighted by Crippen LogP contribution is -2.53. The van der Waals surface area contributed by atoms with Gasteiger partial charge in [0.2, 0.25) is 0 Å². The van der Waals surface area contributed by atoms with Crippen molar-refractivity contribution >= 4 is 17.5 Å². The van der Waals surface area contributed by atoms with E-state index in [1.54, 1.807) is 19.2 Å². The molecule has 19 heavy (non-hydrogen) atoms. The number of nitrogens with one attached hydrogen (secondary N) is 1. The molecule has 1 saturated heterocycles. The van der Waals surface area contributed by atoms with E-state index in [2.05, 4.69) is 5.32 Å². The molecule has 0 saturated carbocycles. The quantitative estimate of drug-likeness (QED) is 0.862. The highest BCUT2D eigenvalue weighted by atomic mass is 35.5. The van der Waals surface area contributed by atoms with Gasteiger partial charge in [-0.15, -0.1) is 11.6 Å². The predicted molar refractivity (Wildman–Crippen MR) is 74.0 cm³/mol. The van der Waals surface area contributed by atoms with Gasteiger partial charge in [-0.25, -0.2) is 0 Å². The van der Waals surface area contributed by atoms with Crippen molar-refractivity contribution in [2.24, 2.45) is 0 Å². The molecule has 4 nitrogen and oxygen atoms in total. The van der Waals surface area contributed by atoms with Crippen LogP contribution in [-0.4, -0.2) is 37.6 Å². The summed E-state index contributed by atoms with van der Waals surface area (Å²) in [6, 6.07) is 7.16. The molecule has 1 fully saturated rings.